The fourth-order valence-corrected chi connectivity index (χ4v) is 25.4. The fraction of sp³-hybridized carbons (Fsp3) is 0.500. The first-order valence-electron chi connectivity index (χ1n) is 47.6. The van der Waals surface area contributed by atoms with Gasteiger partial charge in [0.25, 0.3) is 0 Å². The summed E-state index contributed by atoms with van der Waals surface area (Å²) in [4.78, 5) is 41.8. The van der Waals surface area contributed by atoms with E-state index in [9.17, 15) is 28.1 Å². The van der Waals surface area contributed by atoms with E-state index in [4.69, 9.17) is 116 Å². The monoisotopic (exact) mass is 2210 g/mol. The number of ether oxygens (including phenoxy) is 12. The first-order chi connectivity index (χ1) is 69.4. The van der Waals surface area contributed by atoms with E-state index in [0.29, 0.717) is 72.4 Å². The van der Waals surface area contributed by atoms with Crippen LogP contribution in [0.25, 0.3) is 0 Å². The molecule has 0 spiro atoms. The molecule has 8 atom stereocenters. The molecule has 0 aliphatic rings. The second kappa shape index (κ2) is 71.7. The van der Waals surface area contributed by atoms with Gasteiger partial charge in [-0.05, 0) is 287 Å². The number of aryl methyl sites for hydroxylation is 8. The largest absolute Gasteiger partial charge is 0.497 e. The minimum atomic E-state index is -3.35. The number of likely N-dealkylation sites (N-methyl/N-ethyl adjacent to an activating group) is 4. The number of hydrogen-bond donors (Lipinski definition) is 3. The van der Waals surface area contributed by atoms with E-state index >= 15 is 0 Å². The highest BCUT2D eigenvalue weighted by Crippen LogP contribution is 2.67. The van der Waals surface area contributed by atoms with Crippen LogP contribution in [-0.2, 0) is 158 Å². The minimum Gasteiger partial charge on any atom is -0.497 e. The Kier molecular flexibility index (Phi) is 63.5. The molecule has 0 aliphatic carbocycles. The highest BCUT2D eigenvalue weighted by molar-refractivity contribution is 8.56. The Balaban J connectivity index is 0.000000342. The molecule has 0 aromatic heterocycles. The van der Waals surface area contributed by atoms with Crippen LogP contribution in [0.1, 0.15) is 105 Å². The topological polar surface area (TPSA) is 336 Å². The summed E-state index contributed by atoms with van der Waals surface area (Å²) in [7, 11) is 22.2. The summed E-state index contributed by atoms with van der Waals surface area (Å²) < 4.78 is 153. The van der Waals surface area contributed by atoms with E-state index < -0.39 is 51.3 Å². The molecule has 33 nitrogen and oxygen atoms in total. The molecule has 8 aromatic rings. The van der Waals surface area contributed by atoms with Crippen LogP contribution >= 0.6 is 67.7 Å². The number of carbonyl (C=O) groups excluding carboxylic acids is 3. The van der Waals surface area contributed by atoms with Gasteiger partial charge < -0.3 is 90.0 Å². The van der Waals surface area contributed by atoms with Gasteiger partial charge in [-0.15, -0.1) is 0 Å². The van der Waals surface area contributed by atoms with E-state index in [1.807, 2.05) is 236 Å². The van der Waals surface area contributed by atoms with Crippen molar-refractivity contribution in [3.05, 3.63) is 239 Å². The lowest BCUT2D eigenvalue weighted by Gasteiger charge is -2.29. The molecule has 8 aromatic carbocycles. The summed E-state index contributed by atoms with van der Waals surface area (Å²) >= 11 is 14.2. The van der Waals surface area contributed by atoms with Gasteiger partial charge in [0, 0.05) is 47.0 Å². The molecule has 0 heterocycles. The number of amides is 3. The highest BCUT2D eigenvalue weighted by atomic mass is 32.7. The summed E-state index contributed by atoms with van der Waals surface area (Å²) in [5.74, 6) is 5.34. The van der Waals surface area contributed by atoms with Gasteiger partial charge in [-0.2, -0.15) is 0 Å². The Bertz CT molecular complexity index is 4930. The van der Waals surface area contributed by atoms with E-state index in [1.54, 1.807) is 47.2 Å². The van der Waals surface area contributed by atoms with Gasteiger partial charge in [-0.3, -0.25) is 61.4 Å². The molecule has 0 saturated heterocycles. The van der Waals surface area contributed by atoms with Gasteiger partial charge in [0.1, 0.15) is 96.8 Å². The van der Waals surface area contributed by atoms with Crippen molar-refractivity contribution >= 4 is 109 Å². The van der Waals surface area contributed by atoms with E-state index in [0.717, 1.165) is 173 Å². The summed E-state index contributed by atoms with van der Waals surface area (Å²) in [5, 5.41) is 7.04. The van der Waals surface area contributed by atoms with Gasteiger partial charge in [0.2, 0.25) is 17.7 Å². The molecule has 0 aliphatic heterocycles. The van der Waals surface area contributed by atoms with Gasteiger partial charge in [0.05, 0.1) is 48.3 Å². The number of rotatable bonds is 69. The molecule has 43 heteroatoms. The Labute approximate surface area is 883 Å². The van der Waals surface area contributed by atoms with Crippen molar-refractivity contribution in [1.82, 2.24) is 34.9 Å². The number of benzene rings is 8. The molecule has 0 fully saturated rings. The van der Waals surface area contributed by atoms with Crippen molar-refractivity contribution in [3.8, 4) is 46.0 Å². The number of methoxy groups -OCH3 is 4. The molecule has 0 radical (unpaired) electrons. The molecule has 6 unspecified atom stereocenters. The average Bonchev–Trinajstić information content (AvgIpc) is 1.03. The standard InChI is InChI=1S/C30H49NO8P2S2.3C24H35N2O6PS/c1-7-19-35-40(42,36-20-8-2)39-41(43,37-21-9-3)38-25-34-29(23-31(4)5)24-33-30-16-11-10-14-27(30)18-17-26-13-12-15-28(22-26)32-6;3*1-19(27)25-33(28,34-5)32-18-31-23(16-26(2)3)17-30-24-12-7-6-10-21(24)14-13-20-9-8-11-22(15-20)29-4/h10-16,22,29H,7-9,17-21,23-25H2,1-6H3;3*6-12,15,23H,13-14,16-18H2,1-5H3,(H,25,27,28)/t;2*23-,33?;/m.10./s1. The fourth-order valence-electron chi connectivity index (χ4n) is 13.5. The Morgan fingerprint density at radius 2 is 0.538 bits per heavy atom. The lowest BCUT2D eigenvalue weighted by molar-refractivity contribution is -0.118. The maximum Gasteiger partial charge on any atom is 0.355 e. The quantitative estimate of drug-likeness (QED) is 0.0235. The van der Waals surface area contributed by atoms with Crippen LogP contribution in [0.2, 0.25) is 0 Å². The van der Waals surface area contributed by atoms with E-state index in [2.05, 4.69) is 69.9 Å². The molecular weight excluding hydrogens is 2050 g/mol. The number of hydrogen-bond acceptors (Lipinski definition) is 35. The normalized spacial score (nSPS) is 13.9. The van der Waals surface area contributed by atoms with Crippen molar-refractivity contribution in [2.75, 3.05) is 203 Å². The van der Waals surface area contributed by atoms with Crippen LogP contribution in [-0.4, -0.2) is 265 Å². The maximum atomic E-state index is 12.5. The molecular formula is C102H154N7O26P5S5. The van der Waals surface area contributed by atoms with Crippen molar-refractivity contribution in [1.29, 1.82) is 0 Å². The van der Waals surface area contributed by atoms with Crippen LogP contribution < -0.4 is 53.2 Å². The van der Waals surface area contributed by atoms with Crippen molar-refractivity contribution in [2.24, 2.45) is 0 Å². The SMILES string of the molecule is CCCOP(=S)(OCCC)OP(=S)(OCCC)OCOC(COc1ccccc1CCc1cccc(OC)c1)CN(C)C.COc1cccc(CCc2ccccc2OCC(CN(C)C)OCOP(=O)(NC(C)=O)SC)c1.COc1cccc(CCc2ccccc2OC[C@@H](CN(C)C)OCOP(=O)(NC(C)=O)SC)c1.COc1cccc(CCc2ccccc2OC[C@H](CN(C)C)OCOP(=O)(NC(C)=O)SC)c1. The average molecular weight is 2210 g/mol. The number of carbonyl (C=O) groups is 3. The predicted molar refractivity (Wildman–Crippen MR) is 590 cm³/mol. The van der Waals surface area contributed by atoms with E-state index in [-0.39, 0.29) is 51.6 Å². The zero-order chi connectivity index (χ0) is 106. The van der Waals surface area contributed by atoms with E-state index in [1.165, 1.54) is 43.0 Å². The molecule has 808 valence electrons. The third-order valence-corrected chi connectivity index (χ3v) is 37.0. The summed E-state index contributed by atoms with van der Waals surface area (Å²) in [6.07, 6.45) is 12.5. The third-order valence-electron chi connectivity index (χ3n) is 20.4. The molecule has 0 saturated carbocycles. The van der Waals surface area contributed by atoms with Gasteiger partial charge >= 0.3 is 33.6 Å². The van der Waals surface area contributed by atoms with Gasteiger partial charge in [-0.25, -0.2) is 4.31 Å². The molecule has 0 bridgehead atoms. The summed E-state index contributed by atoms with van der Waals surface area (Å²) in [5.41, 5.74) is 9.20. The third kappa shape index (κ3) is 54.5. The zero-order valence-corrected chi connectivity index (χ0v) is 96.4. The highest BCUT2D eigenvalue weighted by Gasteiger charge is 2.35. The molecule has 145 heavy (non-hydrogen) atoms. The van der Waals surface area contributed by atoms with Crippen LogP contribution in [0.15, 0.2) is 194 Å². The molecule has 3 N–H and O–H groups in total. The van der Waals surface area contributed by atoms with Crippen molar-refractivity contribution in [3.63, 3.8) is 0 Å². The number of para-hydroxylation sites is 4. The van der Waals surface area contributed by atoms with Crippen molar-refractivity contribution in [2.45, 2.75) is 137 Å². The number of nitrogens with zero attached hydrogens (tertiary/aromatic N) is 4. The lowest BCUT2D eigenvalue weighted by atomic mass is 10.0. The Morgan fingerprint density at radius 3 is 0.745 bits per heavy atom. The van der Waals surface area contributed by atoms with Crippen LogP contribution in [0.4, 0.5) is 0 Å². The second-order valence-corrected chi connectivity index (χ2v) is 53.1. The predicted octanol–water partition coefficient (Wildman–Crippen LogP) is 20.7. The van der Waals surface area contributed by atoms with Gasteiger partial charge in [0.15, 0.2) is 27.2 Å². The van der Waals surface area contributed by atoms with Crippen LogP contribution in [0.3, 0.4) is 0 Å². The Hall–Kier alpha value is -7.03. The van der Waals surface area contributed by atoms with Crippen LogP contribution in [0.5, 0.6) is 46.0 Å². The molecule has 3 amide bonds. The minimum absolute atomic E-state index is 0.156. The zero-order valence-electron chi connectivity index (χ0n) is 87.9. The summed E-state index contributed by atoms with van der Waals surface area (Å²) in [6, 6.07) is 64.2. The number of nitrogens with one attached hydrogen (secondary N) is 3. The Morgan fingerprint density at radius 1 is 0.317 bits per heavy atom. The second-order valence-electron chi connectivity index (χ2n) is 33.8. The maximum absolute atomic E-state index is 12.5. The first-order valence-corrected chi connectivity index (χ1v) is 63.0. The molecule has 8 rings (SSSR count). The first kappa shape index (κ1) is 128. The van der Waals surface area contributed by atoms with Crippen LogP contribution in [0, 0.1) is 0 Å². The van der Waals surface area contributed by atoms with Gasteiger partial charge in [-0.1, -0.05) is 176 Å². The lowest BCUT2D eigenvalue weighted by Crippen LogP contribution is -2.34. The van der Waals surface area contributed by atoms with Crippen molar-refractivity contribution < 1.29 is 121 Å². The smallest absolute Gasteiger partial charge is 0.355 e. The summed E-state index contributed by atoms with van der Waals surface area (Å²) in [6.45, 7) is -2.84.